The summed E-state index contributed by atoms with van der Waals surface area (Å²) in [6.45, 7) is 10.5. The van der Waals surface area contributed by atoms with Crippen molar-refractivity contribution in [2.75, 3.05) is 0 Å². The zero-order chi connectivity index (χ0) is 48.3. The van der Waals surface area contributed by atoms with Gasteiger partial charge in [-0.05, 0) is 100 Å². The van der Waals surface area contributed by atoms with E-state index >= 15 is 0 Å². The molecule has 5 heterocycles. The minimum atomic E-state index is -2.68. The van der Waals surface area contributed by atoms with Crippen molar-refractivity contribution >= 4 is 57.3 Å². The number of rotatable bonds is 7. The molecular weight excluding hydrogens is 967 g/mol. The van der Waals surface area contributed by atoms with Crippen molar-refractivity contribution in [2.24, 2.45) is 0 Å². The van der Waals surface area contributed by atoms with Crippen LogP contribution in [0.4, 0.5) is 0 Å². The molecule has 63 heavy (non-hydrogen) atoms. The minimum Gasteiger partial charge on any atom is -0.499 e. The van der Waals surface area contributed by atoms with Crippen LogP contribution in [0.15, 0.2) is 138 Å². The minimum absolute atomic E-state index is 0. The van der Waals surface area contributed by atoms with Gasteiger partial charge in [-0.15, -0.1) is 54.1 Å². The second kappa shape index (κ2) is 17.6. The van der Waals surface area contributed by atoms with Gasteiger partial charge in [0, 0.05) is 57.0 Å². The summed E-state index contributed by atoms with van der Waals surface area (Å²) in [4.78, 5) is 18.6. The molecule has 1 radical (unpaired) electrons. The Morgan fingerprint density at radius 3 is 2.10 bits per heavy atom. The number of furan rings is 1. The van der Waals surface area contributed by atoms with Gasteiger partial charge in [0.25, 0.3) is 0 Å². The van der Waals surface area contributed by atoms with E-state index in [1.165, 1.54) is 22.4 Å². The molecule has 10 aromatic rings. The van der Waals surface area contributed by atoms with Gasteiger partial charge in [-0.25, -0.2) is 4.98 Å². The van der Waals surface area contributed by atoms with Crippen molar-refractivity contribution in [3.05, 3.63) is 168 Å². The van der Waals surface area contributed by atoms with E-state index in [4.69, 9.17) is 22.6 Å². The molecule has 10 rings (SSSR count). The van der Waals surface area contributed by atoms with Crippen LogP contribution in [0.25, 0.3) is 83.5 Å². The van der Waals surface area contributed by atoms with Gasteiger partial charge in [-0.2, -0.15) is 0 Å². The Hall–Kier alpha value is -6.05. The van der Waals surface area contributed by atoms with Gasteiger partial charge in [0.2, 0.25) is 0 Å². The molecule has 8 heteroatoms. The number of hydrogen-bond donors (Lipinski definition) is 0. The van der Waals surface area contributed by atoms with Crippen molar-refractivity contribution in [1.29, 1.82) is 0 Å². The molecule has 0 N–H and O–H groups in total. The van der Waals surface area contributed by atoms with E-state index in [1.807, 2.05) is 66.9 Å². The molecule has 5 aromatic heterocycles. The summed E-state index contributed by atoms with van der Waals surface area (Å²) >= 11 is 0. The summed E-state index contributed by atoms with van der Waals surface area (Å²) in [7, 11) is -1.23. The zero-order valence-electron chi connectivity index (χ0n) is 42.3. The molecule has 0 spiro atoms. The molecular formula is C55H51IrN5OSi-2. The Balaban J connectivity index is 0.000000320. The quantitative estimate of drug-likeness (QED) is 0.118. The average Bonchev–Trinajstić information content (AvgIpc) is 3.88. The van der Waals surface area contributed by atoms with Gasteiger partial charge in [0.05, 0.1) is 41.5 Å². The smallest absolute Gasteiger partial charge is 0.140 e. The Bertz CT molecular complexity index is 3440. The molecule has 5 aromatic carbocycles. The maximum absolute atomic E-state index is 8.15. The first-order valence-electron chi connectivity index (χ1n) is 24.0. The molecule has 0 bridgehead atoms. The number of hydrogen-bond acceptors (Lipinski definition) is 5. The van der Waals surface area contributed by atoms with Crippen LogP contribution in [0.3, 0.4) is 0 Å². The standard InChI is InChI=1S/C41H35N4O.C14H16NSi.Ir/c1-23(2)31-20-28(27-13-8-7-9-14-27)21-32(24(3)4)39(31)45-36-18-11-10-17-34(36)44-41(45)30-16-12-15-29-38-37(46-40(29)30)22-33-26(6)42-25(5)19-35(33)43-38;1-16(2,3)13-9-10-14(15-11-13)12-7-5-4-6-8-12;/h7-15,17-24H,1-6H3;4-7,9-11H,1-3H3;/q2*-1;/i5D3,6D3;;. The van der Waals surface area contributed by atoms with E-state index in [2.05, 4.69) is 129 Å². The topological polar surface area (TPSA) is 69.6 Å². The predicted molar refractivity (Wildman–Crippen MR) is 260 cm³/mol. The summed E-state index contributed by atoms with van der Waals surface area (Å²) in [5.41, 5.74) is 11.0. The van der Waals surface area contributed by atoms with Crippen molar-refractivity contribution in [3.8, 4) is 39.5 Å². The number of pyridine rings is 3. The fourth-order valence-electron chi connectivity index (χ4n) is 8.06. The third-order valence-corrected chi connectivity index (χ3v) is 13.4. The van der Waals surface area contributed by atoms with Gasteiger partial charge in [0.1, 0.15) is 5.58 Å². The van der Waals surface area contributed by atoms with E-state index in [-0.39, 0.29) is 54.2 Å². The number of para-hydroxylation sites is 2. The van der Waals surface area contributed by atoms with Crippen molar-refractivity contribution in [3.63, 3.8) is 0 Å². The number of imidazole rings is 1. The van der Waals surface area contributed by atoms with Gasteiger partial charge < -0.3 is 14.0 Å². The summed E-state index contributed by atoms with van der Waals surface area (Å²) in [5.74, 6) is 0.989. The Morgan fingerprint density at radius 2 is 1.43 bits per heavy atom. The maximum Gasteiger partial charge on any atom is 0.140 e. The Morgan fingerprint density at radius 1 is 0.683 bits per heavy atom. The van der Waals surface area contributed by atoms with Crippen LogP contribution in [0.1, 0.15) is 70.3 Å². The molecule has 0 saturated heterocycles. The molecule has 0 aliphatic carbocycles. The van der Waals surface area contributed by atoms with Crippen molar-refractivity contribution in [2.45, 2.75) is 72.9 Å². The third-order valence-electron chi connectivity index (χ3n) is 11.3. The van der Waals surface area contributed by atoms with E-state index < -0.39 is 21.8 Å². The molecule has 317 valence electrons. The van der Waals surface area contributed by atoms with Gasteiger partial charge >= 0.3 is 0 Å². The molecule has 0 unspecified atom stereocenters. The number of aromatic nitrogens is 5. The van der Waals surface area contributed by atoms with Crippen molar-refractivity contribution in [1.82, 2.24) is 24.5 Å². The monoisotopic (exact) mass is 1020 g/mol. The van der Waals surface area contributed by atoms with E-state index in [9.17, 15) is 0 Å². The van der Waals surface area contributed by atoms with E-state index in [0.717, 1.165) is 39.1 Å². The van der Waals surface area contributed by atoms with E-state index in [1.54, 1.807) is 6.07 Å². The van der Waals surface area contributed by atoms with Gasteiger partial charge in [-0.1, -0.05) is 107 Å². The van der Waals surface area contributed by atoms with Crippen molar-refractivity contribution < 1.29 is 32.7 Å². The average molecular weight is 1020 g/mol. The molecule has 0 fully saturated rings. The second-order valence-electron chi connectivity index (χ2n) is 17.4. The van der Waals surface area contributed by atoms with Crippen LogP contribution in [-0.4, -0.2) is 32.6 Å². The number of nitrogens with zero attached hydrogens (tertiary/aromatic N) is 5. The molecule has 6 nitrogen and oxygen atoms in total. The zero-order valence-corrected chi connectivity index (χ0v) is 39.7. The molecule has 0 aliphatic rings. The third kappa shape index (κ3) is 8.43. The molecule has 0 atom stereocenters. The fourth-order valence-corrected chi connectivity index (χ4v) is 9.10. The summed E-state index contributed by atoms with van der Waals surface area (Å²) in [6.07, 6.45) is 2.02. The first-order chi connectivity index (χ1) is 32.3. The maximum atomic E-state index is 8.15. The normalized spacial score (nSPS) is 13.5. The van der Waals surface area contributed by atoms with E-state index in [0.29, 0.717) is 33.5 Å². The SMILES string of the molecule is C[Si](C)(C)c1ccc(-c2[c-]cccc2)nc1.[2H]C([2H])([2H])c1cc2nc3c(cc2c(C([2H])([2H])[2H])n1)oc1c(-c2nc4ccccc4n2-c2c(C(C)C)cc(-c4ccccc4)cc2C(C)C)[c-]ccc13.[Ir]. The van der Waals surface area contributed by atoms with Crippen LogP contribution in [0, 0.1) is 25.8 Å². The van der Waals surface area contributed by atoms with Crippen LogP contribution in [0.2, 0.25) is 19.6 Å². The Labute approximate surface area is 393 Å². The number of aryl methyl sites for hydroxylation is 2. The predicted octanol–water partition coefficient (Wildman–Crippen LogP) is 14.0. The Kier molecular flexibility index (Phi) is 10.2. The molecule has 0 saturated carbocycles. The summed E-state index contributed by atoms with van der Waals surface area (Å²) in [5, 5.41) is 2.27. The summed E-state index contributed by atoms with van der Waals surface area (Å²) < 4.78 is 57.0. The van der Waals surface area contributed by atoms with Crippen LogP contribution >= 0.6 is 0 Å². The summed E-state index contributed by atoms with van der Waals surface area (Å²) in [6, 6.07) is 48.5. The molecule has 0 amide bonds. The fraction of sp³-hybridized carbons (Fsp3) is 0.200. The van der Waals surface area contributed by atoms with Gasteiger partial charge in [0.15, 0.2) is 0 Å². The first kappa shape index (κ1) is 36.4. The second-order valence-corrected chi connectivity index (χ2v) is 22.4. The van der Waals surface area contributed by atoms with Gasteiger partial charge in [-0.3, -0.25) is 9.97 Å². The number of benzene rings is 5. The van der Waals surface area contributed by atoms with Crippen LogP contribution < -0.4 is 5.19 Å². The van der Waals surface area contributed by atoms with Crippen LogP contribution in [0.5, 0.6) is 0 Å². The number of fused-ring (bicyclic) bond motifs is 5. The molecule has 0 aliphatic heterocycles. The van der Waals surface area contributed by atoms with Crippen LogP contribution in [-0.2, 0) is 20.1 Å². The largest absolute Gasteiger partial charge is 0.499 e. The first-order valence-corrected chi connectivity index (χ1v) is 24.5.